The third-order valence-corrected chi connectivity index (χ3v) is 4.01. The fraction of sp³-hybridized carbons (Fsp3) is 0.556. The van der Waals surface area contributed by atoms with E-state index in [1.54, 1.807) is 27.7 Å². The maximum atomic E-state index is 14.1. The molecule has 2 rings (SSSR count). The first-order valence-corrected chi connectivity index (χ1v) is 9.12. The Morgan fingerprint density at radius 2 is 2.15 bits per heavy atom. The number of benzene rings is 1. The zero-order chi connectivity index (χ0) is 19.5. The summed E-state index contributed by atoms with van der Waals surface area (Å²) in [5.74, 6) is -0.900. The highest BCUT2D eigenvalue weighted by Crippen LogP contribution is 2.31. The molecule has 8 heteroatoms. The molecule has 144 valence electrons. The molecule has 0 saturated heterocycles. The molecule has 0 fully saturated rings. The number of oxime groups is 1. The minimum absolute atomic E-state index is 0.165. The van der Waals surface area contributed by atoms with Crippen LogP contribution in [0.2, 0.25) is 0 Å². The molecule has 1 heterocycles. The molecule has 0 saturated carbocycles. The van der Waals surface area contributed by atoms with Crippen LogP contribution in [0, 0.1) is 5.82 Å². The molecule has 26 heavy (non-hydrogen) atoms. The van der Waals surface area contributed by atoms with E-state index in [0.717, 1.165) is 0 Å². The van der Waals surface area contributed by atoms with Gasteiger partial charge in [-0.05, 0) is 56.6 Å². The second-order valence-electron chi connectivity index (χ2n) is 6.77. The second kappa shape index (κ2) is 8.35. The number of hydrogen-bond acceptors (Lipinski definition) is 6. The first kappa shape index (κ1) is 20.6. The highest BCUT2D eigenvalue weighted by atomic mass is 79.9. The van der Waals surface area contributed by atoms with E-state index >= 15 is 0 Å². The summed E-state index contributed by atoms with van der Waals surface area (Å²) in [5, 5.41) is 4.00. The molecule has 6 nitrogen and oxygen atoms in total. The summed E-state index contributed by atoms with van der Waals surface area (Å²) in [6.07, 6.45) is -1.32. The van der Waals surface area contributed by atoms with Crippen molar-refractivity contribution >= 4 is 27.6 Å². The number of esters is 1. The van der Waals surface area contributed by atoms with Crippen LogP contribution in [0.3, 0.4) is 0 Å². The van der Waals surface area contributed by atoms with E-state index in [2.05, 4.69) is 21.1 Å². The van der Waals surface area contributed by atoms with Gasteiger partial charge in [-0.1, -0.05) is 5.16 Å². The molecule has 1 aliphatic rings. The Bertz CT molecular complexity index is 702. The molecule has 0 aromatic heterocycles. The zero-order valence-electron chi connectivity index (χ0n) is 15.5. The van der Waals surface area contributed by atoms with Gasteiger partial charge in [-0.25, -0.2) is 9.18 Å². The number of halogens is 2. The van der Waals surface area contributed by atoms with Gasteiger partial charge in [-0.3, -0.25) is 0 Å². The lowest BCUT2D eigenvalue weighted by molar-refractivity contribution is -0.162. The molecular weight excluding hydrogens is 409 g/mol. The van der Waals surface area contributed by atoms with Crippen LogP contribution in [-0.4, -0.2) is 42.7 Å². The average Bonchev–Trinajstić information content (AvgIpc) is 2.97. The van der Waals surface area contributed by atoms with Crippen LogP contribution in [0.4, 0.5) is 4.39 Å². The Balaban J connectivity index is 2.30. The fourth-order valence-electron chi connectivity index (χ4n) is 2.31. The zero-order valence-corrected chi connectivity index (χ0v) is 17.1. The Labute approximate surface area is 160 Å². The van der Waals surface area contributed by atoms with Crippen LogP contribution in [0.15, 0.2) is 21.8 Å². The van der Waals surface area contributed by atoms with Gasteiger partial charge in [0.05, 0.1) is 4.47 Å². The molecule has 1 aromatic carbocycles. The van der Waals surface area contributed by atoms with E-state index < -0.39 is 29.6 Å². The van der Waals surface area contributed by atoms with Gasteiger partial charge in [-0.2, -0.15) is 0 Å². The molecular formula is C18H23BrFNO5. The van der Waals surface area contributed by atoms with Crippen LogP contribution in [0.25, 0.3) is 0 Å². The van der Waals surface area contributed by atoms with E-state index in [1.165, 1.54) is 12.1 Å². The highest BCUT2D eigenvalue weighted by Gasteiger charge is 2.30. The van der Waals surface area contributed by atoms with Gasteiger partial charge in [0.25, 0.3) is 0 Å². The maximum absolute atomic E-state index is 14.1. The Kier molecular flexibility index (Phi) is 6.63. The molecule has 2 atom stereocenters. The standard InChI is InChI=1S/C18H23BrFNO5/c1-6-23-15-9-24-21-16(15)11-7-12(19)13(20)8-14(11)25-10(2)17(22)26-18(3,4)5/h7-8,10,15H,6,9H2,1-5H3/t10-,15?/m0/s1. The Morgan fingerprint density at radius 3 is 2.77 bits per heavy atom. The fourth-order valence-corrected chi connectivity index (χ4v) is 2.66. The quantitative estimate of drug-likeness (QED) is 0.640. The van der Waals surface area contributed by atoms with Crippen molar-refractivity contribution in [1.29, 1.82) is 0 Å². The van der Waals surface area contributed by atoms with Crippen LogP contribution in [0.5, 0.6) is 5.75 Å². The Hall–Kier alpha value is -1.67. The molecule has 0 bridgehead atoms. The minimum Gasteiger partial charge on any atom is -0.478 e. The minimum atomic E-state index is -0.929. The number of hydrogen-bond donors (Lipinski definition) is 0. The number of nitrogens with zero attached hydrogens (tertiary/aromatic N) is 1. The number of carbonyl (C=O) groups excluding carboxylic acids is 1. The summed E-state index contributed by atoms with van der Waals surface area (Å²) in [5.41, 5.74) is 0.329. The molecule has 0 radical (unpaired) electrons. The number of rotatable bonds is 6. The summed E-state index contributed by atoms with van der Waals surface area (Å²) < 4.78 is 30.9. The van der Waals surface area contributed by atoms with Crippen LogP contribution < -0.4 is 4.74 Å². The van der Waals surface area contributed by atoms with Gasteiger partial charge in [0, 0.05) is 18.2 Å². The van der Waals surface area contributed by atoms with Gasteiger partial charge < -0.3 is 19.0 Å². The third kappa shape index (κ3) is 5.17. The van der Waals surface area contributed by atoms with E-state index in [4.69, 9.17) is 19.0 Å². The van der Waals surface area contributed by atoms with Gasteiger partial charge >= 0.3 is 5.97 Å². The van der Waals surface area contributed by atoms with Crippen molar-refractivity contribution in [2.75, 3.05) is 13.2 Å². The molecule has 1 aliphatic heterocycles. The smallest absolute Gasteiger partial charge is 0.347 e. The van der Waals surface area contributed by atoms with Crippen molar-refractivity contribution in [2.24, 2.45) is 5.16 Å². The number of ether oxygens (including phenoxy) is 3. The SMILES string of the molecule is CCOC1CON=C1c1cc(Br)c(F)cc1O[C@@H](C)C(=O)OC(C)(C)C. The highest BCUT2D eigenvalue weighted by molar-refractivity contribution is 9.10. The van der Waals surface area contributed by atoms with Crippen LogP contribution in [0.1, 0.15) is 40.2 Å². The van der Waals surface area contributed by atoms with E-state index in [0.29, 0.717) is 17.9 Å². The lowest BCUT2D eigenvalue weighted by Gasteiger charge is -2.23. The van der Waals surface area contributed by atoms with Crippen molar-refractivity contribution < 1.29 is 28.2 Å². The monoisotopic (exact) mass is 431 g/mol. The average molecular weight is 432 g/mol. The normalized spacial score (nSPS) is 18.1. The van der Waals surface area contributed by atoms with Crippen molar-refractivity contribution in [3.05, 3.63) is 28.0 Å². The van der Waals surface area contributed by atoms with E-state index in [-0.39, 0.29) is 16.8 Å². The molecule has 1 unspecified atom stereocenters. The summed E-state index contributed by atoms with van der Waals surface area (Å²) in [7, 11) is 0. The Morgan fingerprint density at radius 1 is 1.46 bits per heavy atom. The predicted molar refractivity (Wildman–Crippen MR) is 97.9 cm³/mol. The molecule has 0 N–H and O–H groups in total. The first-order valence-electron chi connectivity index (χ1n) is 8.32. The van der Waals surface area contributed by atoms with Crippen molar-refractivity contribution in [1.82, 2.24) is 0 Å². The van der Waals surface area contributed by atoms with Crippen molar-refractivity contribution in [2.45, 2.75) is 52.4 Å². The lowest BCUT2D eigenvalue weighted by atomic mass is 10.0. The molecule has 0 amide bonds. The van der Waals surface area contributed by atoms with Gasteiger partial charge in [0.15, 0.2) is 6.10 Å². The molecule has 0 aliphatic carbocycles. The second-order valence-corrected chi connectivity index (χ2v) is 7.63. The largest absolute Gasteiger partial charge is 0.478 e. The summed E-state index contributed by atoms with van der Waals surface area (Å²) in [6.45, 7) is 9.43. The topological polar surface area (TPSA) is 66.3 Å². The first-order chi connectivity index (χ1) is 12.1. The third-order valence-electron chi connectivity index (χ3n) is 3.40. The van der Waals surface area contributed by atoms with Crippen LogP contribution in [-0.2, 0) is 19.1 Å². The number of carbonyl (C=O) groups is 1. The van der Waals surface area contributed by atoms with Crippen LogP contribution >= 0.6 is 15.9 Å². The van der Waals surface area contributed by atoms with Gasteiger partial charge in [0.1, 0.15) is 35.6 Å². The predicted octanol–water partition coefficient (Wildman–Crippen LogP) is 3.84. The van der Waals surface area contributed by atoms with Crippen molar-refractivity contribution in [3.8, 4) is 5.75 Å². The summed E-state index contributed by atoms with van der Waals surface area (Å²) >= 11 is 3.16. The van der Waals surface area contributed by atoms with Gasteiger partial charge in [0.2, 0.25) is 0 Å². The molecule has 1 aromatic rings. The molecule has 0 spiro atoms. The van der Waals surface area contributed by atoms with E-state index in [1.807, 2.05) is 6.92 Å². The van der Waals surface area contributed by atoms with Crippen molar-refractivity contribution in [3.63, 3.8) is 0 Å². The maximum Gasteiger partial charge on any atom is 0.347 e. The lowest BCUT2D eigenvalue weighted by Crippen LogP contribution is -2.34. The summed E-state index contributed by atoms with van der Waals surface area (Å²) in [6, 6.07) is 2.73. The summed E-state index contributed by atoms with van der Waals surface area (Å²) in [4.78, 5) is 17.3. The van der Waals surface area contributed by atoms with E-state index in [9.17, 15) is 9.18 Å². The van der Waals surface area contributed by atoms with Gasteiger partial charge in [-0.15, -0.1) is 0 Å².